The highest BCUT2D eigenvalue weighted by Crippen LogP contribution is 2.17. The van der Waals surface area contributed by atoms with Crippen molar-refractivity contribution >= 4 is 23.1 Å². The van der Waals surface area contributed by atoms with Crippen LogP contribution in [0.3, 0.4) is 0 Å². The number of hydrogen-bond acceptors (Lipinski definition) is 4. The molecular formula is C12H19N3O2S. The molecule has 1 amide bonds. The minimum atomic E-state index is -0.583. The lowest BCUT2D eigenvalue weighted by atomic mass is 9.93. The van der Waals surface area contributed by atoms with Gasteiger partial charge in [-0.3, -0.25) is 4.79 Å². The second-order valence-electron chi connectivity index (χ2n) is 4.52. The van der Waals surface area contributed by atoms with Gasteiger partial charge in [0.1, 0.15) is 5.92 Å². The molecule has 0 aliphatic rings. The molecule has 1 unspecified atom stereocenters. The predicted octanol–water partition coefficient (Wildman–Crippen LogP) is 1.73. The number of rotatable bonds is 5. The van der Waals surface area contributed by atoms with E-state index in [9.17, 15) is 4.79 Å². The van der Waals surface area contributed by atoms with Crippen molar-refractivity contribution in [1.29, 1.82) is 0 Å². The average Bonchev–Trinajstić information content (AvgIpc) is 2.81. The Hall–Kier alpha value is -1.56. The molecule has 0 aliphatic heterocycles. The van der Waals surface area contributed by atoms with Crippen LogP contribution >= 0.6 is 11.3 Å². The van der Waals surface area contributed by atoms with Crippen molar-refractivity contribution in [3.8, 4) is 0 Å². The maximum absolute atomic E-state index is 12.3. The summed E-state index contributed by atoms with van der Waals surface area (Å²) in [5.74, 6) is -0.763. The number of amidine groups is 1. The van der Waals surface area contributed by atoms with E-state index in [-0.39, 0.29) is 17.7 Å². The van der Waals surface area contributed by atoms with Crippen LogP contribution in [0.2, 0.25) is 0 Å². The molecule has 0 fully saturated rings. The monoisotopic (exact) mass is 269 g/mol. The van der Waals surface area contributed by atoms with E-state index in [1.165, 1.54) is 0 Å². The van der Waals surface area contributed by atoms with Gasteiger partial charge in [0.15, 0.2) is 5.84 Å². The number of oxime groups is 1. The van der Waals surface area contributed by atoms with Crippen LogP contribution < -0.4 is 5.73 Å². The van der Waals surface area contributed by atoms with Gasteiger partial charge < -0.3 is 15.8 Å². The van der Waals surface area contributed by atoms with E-state index < -0.39 is 5.92 Å². The first-order valence-corrected chi connectivity index (χ1v) is 6.60. The minimum absolute atomic E-state index is 0.0146. The third-order valence-electron chi connectivity index (χ3n) is 2.72. The van der Waals surface area contributed by atoms with Crippen molar-refractivity contribution < 1.29 is 10.0 Å². The first kappa shape index (κ1) is 14.5. The van der Waals surface area contributed by atoms with Gasteiger partial charge in [-0.05, 0) is 17.4 Å². The summed E-state index contributed by atoms with van der Waals surface area (Å²) in [6.45, 7) is 4.29. The Bertz CT molecular complexity index is 415. The van der Waals surface area contributed by atoms with Gasteiger partial charge in [-0.2, -0.15) is 0 Å². The fourth-order valence-corrected chi connectivity index (χ4v) is 2.52. The SMILES string of the molecule is CC(C)C(C(=O)N(C)Cc1cccs1)C(N)=NO. The van der Waals surface area contributed by atoms with E-state index >= 15 is 0 Å². The van der Waals surface area contributed by atoms with Crippen LogP contribution in [0.1, 0.15) is 18.7 Å². The van der Waals surface area contributed by atoms with E-state index in [0.29, 0.717) is 6.54 Å². The molecule has 1 rings (SSSR count). The summed E-state index contributed by atoms with van der Waals surface area (Å²) < 4.78 is 0. The van der Waals surface area contributed by atoms with Crippen molar-refractivity contribution in [2.45, 2.75) is 20.4 Å². The molecule has 0 radical (unpaired) electrons. The molecule has 1 aromatic heterocycles. The summed E-state index contributed by atoms with van der Waals surface area (Å²) in [5.41, 5.74) is 5.59. The van der Waals surface area contributed by atoms with Gasteiger partial charge in [0.25, 0.3) is 0 Å². The number of nitrogens with two attached hydrogens (primary N) is 1. The normalized spacial score (nSPS) is 13.7. The lowest BCUT2D eigenvalue weighted by Crippen LogP contribution is -2.42. The number of hydrogen-bond donors (Lipinski definition) is 2. The van der Waals surface area contributed by atoms with Crippen molar-refractivity contribution in [2.75, 3.05) is 7.05 Å². The molecule has 3 N–H and O–H groups in total. The van der Waals surface area contributed by atoms with E-state index in [0.717, 1.165) is 4.88 Å². The third-order valence-corrected chi connectivity index (χ3v) is 3.58. The standard InChI is InChI=1S/C12H19N3O2S/c1-8(2)10(11(13)14-17)12(16)15(3)7-9-5-4-6-18-9/h4-6,8,10,17H,7H2,1-3H3,(H2,13,14). The summed E-state index contributed by atoms with van der Waals surface area (Å²) in [6.07, 6.45) is 0. The van der Waals surface area contributed by atoms with Gasteiger partial charge in [0, 0.05) is 11.9 Å². The minimum Gasteiger partial charge on any atom is -0.409 e. The van der Waals surface area contributed by atoms with Crippen LogP contribution in [0.5, 0.6) is 0 Å². The Morgan fingerprint density at radius 1 is 1.61 bits per heavy atom. The Labute approximate surface area is 111 Å². The molecule has 0 spiro atoms. The van der Waals surface area contributed by atoms with Gasteiger partial charge in [0.05, 0.1) is 6.54 Å². The second-order valence-corrected chi connectivity index (χ2v) is 5.55. The molecule has 0 saturated heterocycles. The molecule has 1 aromatic rings. The molecule has 1 heterocycles. The fraction of sp³-hybridized carbons (Fsp3) is 0.500. The molecule has 0 bridgehead atoms. The van der Waals surface area contributed by atoms with E-state index in [1.807, 2.05) is 31.4 Å². The molecule has 6 heteroatoms. The quantitative estimate of drug-likeness (QED) is 0.370. The average molecular weight is 269 g/mol. The summed E-state index contributed by atoms with van der Waals surface area (Å²) in [6, 6.07) is 3.92. The molecule has 1 atom stereocenters. The molecule has 0 aliphatic carbocycles. The third kappa shape index (κ3) is 3.46. The van der Waals surface area contributed by atoms with Crippen molar-refractivity contribution in [2.24, 2.45) is 22.7 Å². The summed E-state index contributed by atoms with van der Waals surface area (Å²) >= 11 is 1.60. The zero-order valence-corrected chi connectivity index (χ0v) is 11.6. The maximum Gasteiger partial charge on any atom is 0.233 e. The van der Waals surface area contributed by atoms with Crippen molar-refractivity contribution in [1.82, 2.24) is 4.90 Å². The number of nitrogens with zero attached hydrogens (tertiary/aromatic N) is 2. The Morgan fingerprint density at radius 2 is 2.28 bits per heavy atom. The van der Waals surface area contributed by atoms with E-state index in [1.54, 1.807) is 23.3 Å². The van der Waals surface area contributed by atoms with Gasteiger partial charge in [-0.25, -0.2) is 0 Å². The molecule has 5 nitrogen and oxygen atoms in total. The molecule has 100 valence electrons. The summed E-state index contributed by atoms with van der Waals surface area (Å²) in [5, 5.41) is 13.7. The number of thiophene rings is 1. The first-order chi connectivity index (χ1) is 8.47. The second kappa shape index (κ2) is 6.39. The Kier molecular flexibility index (Phi) is 5.15. The summed E-state index contributed by atoms with van der Waals surface area (Å²) in [4.78, 5) is 15.0. The Balaban J connectivity index is 2.77. The number of carbonyl (C=O) groups excluding carboxylic acids is 1. The summed E-state index contributed by atoms with van der Waals surface area (Å²) in [7, 11) is 1.72. The molecule has 0 saturated carbocycles. The lowest BCUT2D eigenvalue weighted by molar-refractivity contribution is -0.133. The fourth-order valence-electron chi connectivity index (χ4n) is 1.77. The van der Waals surface area contributed by atoms with Crippen LogP contribution in [0.4, 0.5) is 0 Å². The van der Waals surface area contributed by atoms with Crippen molar-refractivity contribution in [3.63, 3.8) is 0 Å². The van der Waals surface area contributed by atoms with Gasteiger partial charge >= 0.3 is 0 Å². The Morgan fingerprint density at radius 3 is 2.72 bits per heavy atom. The zero-order chi connectivity index (χ0) is 13.7. The highest BCUT2D eigenvalue weighted by molar-refractivity contribution is 7.09. The van der Waals surface area contributed by atoms with Gasteiger partial charge in [-0.15, -0.1) is 11.3 Å². The van der Waals surface area contributed by atoms with Crippen LogP contribution in [-0.4, -0.2) is 28.9 Å². The number of carbonyl (C=O) groups is 1. The van der Waals surface area contributed by atoms with Gasteiger partial charge in [0.2, 0.25) is 5.91 Å². The lowest BCUT2D eigenvalue weighted by Gasteiger charge is -2.25. The van der Waals surface area contributed by atoms with Crippen LogP contribution in [0.25, 0.3) is 0 Å². The van der Waals surface area contributed by atoms with Crippen LogP contribution in [0, 0.1) is 11.8 Å². The van der Waals surface area contributed by atoms with Crippen LogP contribution in [0.15, 0.2) is 22.7 Å². The van der Waals surface area contributed by atoms with E-state index in [4.69, 9.17) is 10.9 Å². The molecular weight excluding hydrogens is 250 g/mol. The molecule has 0 aromatic carbocycles. The largest absolute Gasteiger partial charge is 0.409 e. The first-order valence-electron chi connectivity index (χ1n) is 5.72. The number of amides is 1. The topological polar surface area (TPSA) is 78.9 Å². The molecule has 18 heavy (non-hydrogen) atoms. The van der Waals surface area contributed by atoms with Gasteiger partial charge in [-0.1, -0.05) is 25.1 Å². The zero-order valence-electron chi connectivity index (χ0n) is 10.8. The maximum atomic E-state index is 12.3. The predicted molar refractivity (Wildman–Crippen MR) is 72.5 cm³/mol. The van der Waals surface area contributed by atoms with E-state index in [2.05, 4.69) is 5.16 Å². The smallest absolute Gasteiger partial charge is 0.233 e. The highest BCUT2D eigenvalue weighted by Gasteiger charge is 2.29. The highest BCUT2D eigenvalue weighted by atomic mass is 32.1. The van der Waals surface area contributed by atoms with Crippen LogP contribution in [-0.2, 0) is 11.3 Å². The van der Waals surface area contributed by atoms with Crippen molar-refractivity contribution in [3.05, 3.63) is 22.4 Å².